The van der Waals surface area contributed by atoms with Gasteiger partial charge in [0.15, 0.2) is 0 Å². The maximum absolute atomic E-state index is 12.3. The number of para-hydroxylation sites is 1. The van der Waals surface area contributed by atoms with Crippen molar-refractivity contribution in [2.75, 3.05) is 5.32 Å². The summed E-state index contributed by atoms with van der Waals surface area (Å²) in [5, 5.41) is 2.69. The second-order valence-electron chi connectivity index (χ2n) is 5.06. The van der Waals surface area contributed by atoms with E-state index in [1.165, 1.54) is 0 Å². The fraction of sp³-hybridized carbons (Fsp3) is 0.176. The molecule has 5 heteroatoms. The van der Waals surface area contributed by atoms with Crippen molar-refractivity contribution in [1.82, 2.24) is 0 Å². The summed E-state index contributed by atoms with van der Waals surface area (Å²) in [7, 11) is 0. The maximum Gasteiger partial charge on any atom is 0.255 e. The van der Waals surface area contributed by atoms with E-state index in [1.807, 2.05) is 13.8 Å². The second kappa shape index (κ2) is 6.76. The Kier molecular flexibility index (Phi) is 4.78. The van der Waals surface area contributed by atoms with Crippen LogP contribution in [0, 0.1) is 0 Å². The summed E-state index contributed by atoms with van der Waals surface area (Å²) in [6, 6.07) is 13.5. The standard InChI is InChI=1S/C17H18N2O3/c1-11(2)22-13-7-5-6-12(10-13)17(21)19-15-9-4-3-8-14(15)16(18)20/h3-11H,1-2H3,(H2,18,20)(H,19,21). The van der Waals surface area contributed by atoms with Gasteiger partial charge in [-0.15, -0.1) is 0 Å². The molecule has 2 rings (SSSR count). The molecule has 2 aromatic carbocycles. The van der Waals surface area contributed by atoms with E-state index >= 15 is 0 Å². The Morgan fingerprint density at radius 3 is 2.50 bits per heavy atom. The zero-order valence-electron chi connectivity index (χ0n) is 12.5. The van der Waals surface area contributed by atoms with E-state index in [9.17, 15) is 9.59 Å². The van der Waals surface area contributed by atoms with Gasteiger partial charge in [-0.25, -0.2) is 0 Å². The lowest BCUT2D eigenvalue weighted by Gasteiger charge is -2.12. The van der Waals surface area contributed by atoms with Crippen molar-refractivity contribution < 1.29 is 14.3 Å². The first-order valence-corrected chi connectivity index (χ1v) is 6.94. The van der Waals surface area contributed by atoms with Gasteiger partial charge in [0.1, 0.15) is 5.75 Å². The zero-order chi connectivity index (χ0) is 16.1. The van der Waals surface area contributed by atoms with Crippen LogP contribution in [0.4, 0.5) is 5.69 Å². The van der Waals surface area contributed by atoms with Crippen LogP contribution in [0.25, 0.3) is 0 Å². The number of carbonyl (C=O) groups is 2. The molecule has 0 spiro atoms. The molecule has 0 aliphatic carbocycles. The number of anilines is 1. The Bertz CT molecular complexity index is 696. The fourth-order valence-electron chi connectivity index (χ4n) is 1.98. The average molecular weight is 298 g/mol. The predicted molar refractivity (Wildman–Crippen MR) is 85.1 cm³/mol. The molecule has 0 atom stereocenters. The third kappa shape index (κ3) is 3.85. The van der Waals surface area contributed by atoms with Gasteiger partial charge in [-0.05, 0) is 44.2 Å². The summed E-state index contributed by atoms with van der Waals surface area (Å²) >= 11 is 0. The van der Waals surface area contributed by atoms with Crippen LogP contribution in [-0.2, 0) is 0 Å². The SMILES string of the molecule is CC(C)Oc1cccc(C(=O)Nc2ccccc2C(N)=O)c1. The van der Waals surface area contributed by atoms with Gasteiger partial charge >= 0.3 is 0 Å². The highest BCUT2D eigenvalue weighted by Crippen LogP contribution is 2.18. The van der Waals surface area contributed by atoms with Gasteiger partial charge in [-0.3, -0.25) is 9.59 Å². The number of benzene rings is 2. The molecule has 0 saturated carbocycles. The quantitative estimate of drug-likeness (QED) is 0.890. The number of rotatable bonds is 5. The Hall–Kier alpha value is -2.82. The number of nitrogens with one attached hydrogen (secondary N) is 1. The van der Waals surface area contributed by atoms with Gasteiger partial charge in [-0.2, -0.15) is 0 Å². The van der Waals surface area contributed by atoms with Gasteiger partial charge in [0.25, 0.3) is 11.8 Å². The highest BCUT2D eigenvalue weighted by Gasteiger charge is 2.12. The first-order chi connectivity index (χ1) is 10.5. The number of amides is 2. The molecule has 114 valence electrons. The van der Waals surface area contributed by atoms with Crippen LogP contribution in [0.3, 0.4) is 0 Å². The zero-order valence-corrected chi connectivity index (χ0v) is 12.5. The lowest BCUT2D eigenvalue weighted by molar-refractivity contribution is 0.100. The third-order valence-electron chi connectivity index (χ3n) is 2.91. The van der Waals surface area contributed by atoms with Gasteiger partial charge in [0.2, 0.25) is 0 Å². The third-order valence-corrected chi connectivity index (χ3v) is 2.91. The van der Waals surface area contributed by atoms with Crippen LogP contribution in [0.15, 0.2) is 48.5 Å². The van der Waals surface area contributed by atoms with E-state index in [2.05, 4.69) is 5.32 Å². The highest BCUT2D eigenvalue weighted by atomic mass is 16.5. The van der Waals surface area contributed by atoms with Crippen molar-refractivity contribution >= 4 is 17.5 Å². The number of carbonyl (C=O) groups excluding carboxylic acids is 2. The Morgan fingerprint density at radius 2 is 1.82 bits per heavy atom. The van der Waals surface area contributed by atoms with Crippen LogP contribution >= 0.6 is 0 Å². The minimum Gasteiger partial charge on any atom is -0.491 e. The molecule has 3 N–H and O–H groups in total. The van der Waals surface area contributed by atoms with Gasteiger partial charge in [0, 0.05) is 5.56 Å². The van der Waals surface area contributed by atoms with E-state index in [0.29, 0.717) is 17.0 Å². The first-order valence-electron chi connectivity index (χ1n) is 6.94. The summed E-state index contributed by atoms with van der Waals surface area (Å²) < 4.78 is 5.56. The summed E-state index contributed by atoms with van der Waals surface area (Å²) in [6.07, 6.45) is 0.0221. The molecule has 0 radical (unpaired) electrons. The summed E-state index contributed by atoms with van der Waals surface area (Å²) in [5.74, 6) is -0.304. The minimum atomic E-state index is -0.590. The molecule has 0 aliphatic heterocycles. The Morgan fingerprint density at radius 1 is 1.09 bits per heavy atom. The topological polar surface area (TPSA) is 81.4 Å². The van der Waals surface area contributed by atoms with Gasteiger partial charge < -0.3 is 15.8 Å². The van der Waals surface area contributed by atoms with Gasteiger partial charge in [-0.1, -0.05) is 18.2 Å². The number of nitrogens with two attached hydrogens (primary N) is 1. The van der Waals surface area contributed by atoms with E-state index in [0.717, 1.165) is 0 Å². The monoisotopic (exact) mass is 298 g/mol. The van der Waals surface area contributed by atoms with Crippen molar-refractivity contribution in [1.29, 1.82) is 0 Å². The summed E-state index contributed by atoms with van der Waals surface area (Å²) in [4.78, 5) is 23.7. The largest absolute Gasteiger partial charge is 0.491 e. The molecular weight excluding hydrogens is 280 g/mol. The Labute approximate surface area is 129 Å². The van der Waals surface area contributed by atoms with Crippen molar-refractivity contribution in [3.05, 3.63) is 59.7 Å². The van der Waals surface area contributed by atoms with Gasteiger partial charge in [0.05, 0.1) is 17.4 Å². The smallest absolute Gasteiger partial charge is 0.255 e. The van der Waals surface area contributed by atoms with E-state index in [-0.39, 0.29) is 17.6 Å². The molecule has 0 aliphatic rings. The van der Waals surface area contributed by atoms with Crippen molar-refractivity contribution in [2.45, 2.75) is 20.0 Å². The van der Waals surface area contributed by atoms with E-state index in [1.54, 1.807) is 48.5 Å². The molecule has 2 aromatic rings. The van der Waals surface area contributed by atoms with Crippen molar-refractivity contribution in [3.8, 4) is 5.75 Å². The van der Waals surface area contributed by atoms with Crippen LogP contribution < -0.4 is 15.8 Å². The molecule has 2 amide bonds. The number of hydrogen-bond acceptors (Lipinski definition) is 3. The first kappa shape index (κ1) is 15.6. The number of hydrogen-bond donors (Lipinski definition) is 2. The predicted octanol–water partition coefficient (Wildman–Crippen LogP) is 2.83. The van der Waals surface area contributed by atoms with E-state index < -0.39 is 5.91 Å². The molecule has 0 saturated heterocycles. The van der Waals surface area contributed by atoms with Crippen LogP contribution in [-0.4, -0.2) is 17.9 Å². The molecule has 0 fully saturated rings. The molecule has 0 aromatic heterocycles. The molecular formula is C17H18N2O3. The highest BCUT2D eigenvalue weighted by molar-refractivity contribution is 6.08. The molecule has 0 bridgehead atoms. The molecule has 5 nitrogen and oxygen atoms in total. The molecule has 22 heavy (non-hydrogen) atoms. The fourth-order valence-corrected chi connectivity index (χ4v) is 1.98. The molecule has 0 heterocycles. The van der Waals surface area contributed by atoms with Crippen molar-refractivity contribution in [2.24, 2.45) is 5.73 Å². The average Bonchev–Trinajstić information content (AvgIpc) is 2.47. The second-order valence-corrected chi connectivity index (χ2v) is 5.06. The lowest BCUT2D eigenvalue weighted by atomic mass is 10.1. The lowest BCUT2D eigenvalue weighted by Crippen LogP contribution is -2.18. The van der Waals surface area contributed by atoms with Crippen molar-refractivity contribution in [3.63, 3.8) is 0 Å². The number of primary amides is 1. The van der Waals surface area contributed by atoms with Crippen LogP contribution in [0.5, 0.6) is 5.75 Å². The maximum atomic E-state index is 12.3. The summed E-state index contributed by atoms with van der Waals surface area (Å²) in [5.41, 5.74) is 6.39. The van der Waals surface area contributed by atoms with E-state index in [4.69, 9.17) is 10.5 Å². The Balaban J connectivity index is 2.21. The summed E-state index contributed by atoms with van der Waals surface area (Å²) in [6.45, 7) is 3.83. The van der Waals surface area contributed by atoms with Crippen LogP contribution in [0.1, 0.15) is 34.6 Å². The molecule has 0 unspecified atom stereocenters. The normalized spacial score (nSPS) is 10.3. The van der Waals surface area contributed by atoms with Crippen LogP contribution in [0.2, 0.25) is 0 Å². The minimum absolute atomic E-state index is 0.0221. The number of ether oxygens (including phenoxy) is 1.